The molecule has 0 saturated carbocycles. The molecule has 1 atom stereocenters. The summed E-state index contributed by atoms with van der Waals surface area (Å²) in [7, 11) is 0. The topological polar surface area (TPSA) is 65.7 Å². The van der Waals surface area contributed by atoms with Gasteiger partial charge < -0.3 is 9.97 Å². The molecule has 35 heavy (non-hydrogen) atoms. The first-order valence-electron chi connectivity index (χ1n) is 11.6. The quantitative estimate of drug-likeness (QED) is 0.270. The molecule has 1 unspecified atom stereocenters. The van der Waals surface area contributed by atoms with Crippen LogP contribution in [0.15, 0.2) is 103 Å². The van der Waals surface area contributed by atoms with Crippen LogP contribution in [-0.4, -0.2) is 21.5 Å². The molecule has 4 heteroatoms. The van der Waals surface area contributed by atoms with E-state index in [9.17, 15) is 9.59 Å². The summed E-state index contributed by atoms with van der Waals surface area (Å²) < 4.78 is 0. The first-order valence-corrected chi connectivity index (χ1v) is 11.6. The van der Waals surface area contributed by atoms with Gasteiger partial charge in [0, 0.05) is 34.3 Å². The number of aromatic nitrogens is 2. The van der Waals surface area contributed by atoms with Gasteiger partial charge in [-0.05, 0) is 37.6 Å². The van der Waals surface area contributed by atoms with Crippen LogP contribution >= 0.6 is 0 Å². The summed E-state index contributed by atoms with van der Waals surface area (Å²) in [5, 5.41) is 0. The molecule has 172 valence electrons. The van der Waals surface area contributed by atoms with E-state index in [0.29, 0.717) is 22.4 Å². The Kier molecular flexibility index (Phi) is 6.02. The normalized spacial score (nSPS) is 11.8. The molecule has 0 spiro atoms. The number of hydrogen-bond acceptors (Lipinski definition) is 2. The number of aromatic amines is 2. The van der Waals surface area contributed by atoms with Crippen LogP contribution in [0.2, 0.25) is 0 Å². The van der Waals surface area contributed by atoms with E-state index >= 15 is 0 Å². The second-order valence-electron chi connectivity index (χ2n) is 8.91. The number of carbonyl (C=O) groups is 2. The lowest BCUT2D eigenvalue weighted by atomic mass is 9.92. The lowest BCUT2D eigenvalue weighted by molar-refractivity contribution is 0.102. The molecule has 2 aromatic heterocycles. The Morgan fingerprint density at radius 2 is 1.23 bits per heavy atom. The third-order valence-electron chi connectivity index (χ3n) is 6.30. The Labute approximate surface area is 204 Å². The van der Waals surface area contributed by atoms with E-state index < -0.39 is 0 Å². The van der Waals surface area contributed by atoms with E-state index in [0.717, 1.165) is 28.1 Å². The van der Waals surface area contributed by atoms with Crippen molar-refractivity contribution in [1.82, 2.24) is 9.97 Å². The van der Waals surface area contributed by atoms with E-state index in [1.54, 1.807) is 6.20 Å². The van der Waals surface area contributed by atoms with Gasteiger partial charge >= 0.3 is 0 Å². The van der Waals surface area contributed by atoms with Crippen molar-refractivity contribution in [3.8, 4) is 0 Å². The predicted molar refractivity (Wildman–Crippen MR) is 138 cm³/mol. The summed E-state index contributed by atoms with van der Waals surface area (Å²) in [6.45, 7) is 4.00. The number of carbonyl (C=O) groups excluding carboxylic acids is 2. The molecule has 0 saturated heterocycles. The van der Waals surface area contributed by atoms with Crippen LogP contribution in [0.1, 0.15) is 66.0 Å². The predicted octanol–water partition coefficient (Wildman–Crippen LogP) is 6.60. The average Bonchev–Trinajstić information content (AvgIpc) is 3.56. The Bertz CT molecular complexity index is 1380. The lowest BCUT2D eigenvalue weighted by Crippen LogP contribution is -2.06. The largest absolute Gasteiger partial charge is 0.363 e. The van der Waals surface area contributed by atoms with Crippen LogP contribution in [0.3, 0.4) is 0 Å². The first kappa shape index (κ1) is 22.4. The summed E-state index contributed by atoms with van der Waals surface area (Å²) >= 11 is 0. The third-order valence-corrected chi connectivity index (χ3v) is 6.30. The molecule has 0 bridgehead atoms. The maximum Gasteiger partial charge on any atom is 0.209 e. The van der Waals surface area contributed by atoms with E-state index in [2.05, 4.69) is 22.1 Å². The number of aryl methyl sites for hydroxylation is 2. The maximum atomic E-state index is 13.1. The van der Waals surface area contributed by atoms with Crippen LogP contribution in [0.4, 0.5) is 0 Å². The fraction of sp³-hybridized carbons (Fsp3) is 0.0968. The molecule has 4 nitrogen and oxygen atoms in total. The van der Waals surface area contributed by atoms with E-state index in [-0.39, 0.29) is 17.5 Å². The van der Waals surface area contributed by atoms with Crippen LogP contribution in [0.25, 0.3) is 0 Å². The van der Waals surface area contributed by atoms with E-state index in [1.807, 2.05) is 98.8 Å². The highest BCUT2D eigenvalue weighted by atomic mass is 16.1. The fourth-order valence-corrected chi connectivity index (χ4v) is 4.33. The van der Waals surface area contributed by atoms with Gasteiger partial charge in [-0.15, -0.1) is 0 Å². The zero-order chi connectivity index (χ0) is 24.4. The maximum absolute atomic E-state index is 13.1. The SMILES string of the molecule is Cc1ccc(C(=O)c2c[nH]c(C(c3ccccc3)c3ccc(C(=O)c4ccc(C)cc4)[nH]3)c2)cc1. The van der Waals surface area contributed by atoms with Gasteiger partial charge in [0.2, 0.25) is 5.78 Å². The zero-order valence-corrected chi connectivity index (χ0v) is 19.7. The molecule has 3 aromatic carbocycles. The molecule has 2 heterocycles. The van der Waals surface area contributed by atoms with Gasteiger partial charge in [0.1, 0.15) is 0 Å². The first-order chi connectivity index (χ1) is 17.0. The Balaban J connectivity index is 1.49. The van der Waals surface area contributed by atoms with Crippen molar-refractivity contribution in [3.05, 3.63) is 154 Å². The highest BCUT2D eigenvalue weighted by Crippen LogP contribution is 2.32. The minimum absolute atomic E-state index is 0.0268. The average molecular weight is 459 g/mol. The minimum atomic E-state index is -0.185. The molecule has 0 aliphatic heterocycles. The summed E-state index contributed by atoms with van der Waals surface area (Å²) in [5.41, 5.74) is 7.48. The molecule has 0 aliphatic carbocycles. The highest BCUT2D eigenvalue weighted by Gasteiger charge is 2.23. The van der Waals surface area contributed by atoms with Crippen molar-refractivity contribution in [3.63, 3.8) is 0 Å². The molecule has 0 aliphatic rings. The molecular weight excluding hydrogens is 432 g/mol. The van der Waals surface area contributed by atoms with Crippen molar-refractivity contribution >= 4 is 11.6 Å². The second kappa shape index (κ2) is 9.43. The summed E-state index contributed by atoms with van der Waals surface area (Å²) in [4.78, 5) is 32.8. The second-order valence-corrected chi connectivity index (χ2v) is 8.91. The molecule has 2 N–H and O–H groups in total. The minimum Gasteiger partial charge on any atom is -0.363 e. The molecular formula is C31H26N2O2. The Hall–Kier alpha value is -4.44. The van der Waals surface area contributed by atoms with Gasteiger partial charge in [-0.1, -0.05) is 90.0 Å². The number of benzene rings is 3. The van der Waals surface area contributed by atoms with Crippen molar-refractivity contribution in [2.75, 3.05) is 0 Å². The van der Waals surface area contributed by atoms with Gasteiger partial charge in [0.25, 0.3) is 0 Å². The van der Waals surface area contributed by atoms with Gasteiger partial charge in [-0.3, -0.25) is 9.59 Å². The zero-order valence-electron chi connectivity index (χ0n) is 19.7. The highest BCUT2D eigenvalue weighted by molar-refractivity contribution is 6.09. The van der Waals surface area contributed by atoms with Gasteiger partial charge in [-0.2, -0.15) is 0 Å². The summed E-state index contributed by atoms with van der Waals surface area (Å²) in [6.07, 6.45) is 1.76. The van der Waals surface area contributed by atoms with Gasteiger partial charge in [0.15, 0.2) is 5.78 Å². The van der Waals surface area contributed by atoms with Crippen LogP contribution in [-0.2, 0) is 0 Å². The van der Waals surface area contributed by atoms with Gasteiger partial charge in [-0.25, -0.2) is 0 Å². The van der Waals surface area contributed by atoms with Crippen molar-refractivity contribution in [2.24, 2.45) is 0 Å². The fourth-order valence-electron chi connectivity index (χ4n) is 4.33. The number of hydrogen-bond donors (Lipinski definition) is 2. The number of H-pyrrole nitrogens is 2. The van der Waals surface area contributed by atoms with Crippen LogP contribution in [0, 0.1) is 13.8 Å². The van der Waals surface area contributed by atoms with Crippen molar-refractivity contribution < 1.29 is 9.59 Å². The molecule has 5 rings (SSSR count). The monoisotopic (exact) mass is 458 g/mol. The van der Waals surface area contributed by atoms with Crippen LogP contribution < -0.4 is 0 Å². The smallest absolute Gasteiger partial charge is 0.209 e. The molecule has 0 amide bonds. The molecule has 0 radical (unpaired) electrons. The Morgan fingerprint density at radius 1 is 0.629 bits per heavy atom. The van der Waals surface area contributed by atoms with Crippen molar-refractivity contribution in [2.45, 2.75) is 19.8 Å². The van der Waals surface area contributed by atoms with Crippen LogP contribution in [0.5, 0.6) is 0 Å². The summed E-state index contributed by atoms with van der Waals surface area (Å²) in [5.74, 6) is -0.263. The van der Waals surface area contributed by atoms with E-state index in [1.165, 1.54) is 0 Å². The molecule has 0 fully saturated rings. The third kappa shape index (κ3) is 4.64. The summed E-state index contributed by atoms with van der Waals surface area (Å²) in [6, 6.07) is 30.9. The Morgan fingerprint density at radius 3 is 1.86 bits per heavy atom. The lowest BCUT2D eigenvalue weighted by Gasteiger charge is -2.15. The molecule has 5 aromatic rings. The standard InChI is InChI=1S/C31H26N2O2/c1-20-8-12-23(13-9-20)30(34)25-18-28(32-19-25)29(22-6-4-3-5-7-22)26-16-17-27(33-26)31(35)24-14-10-21(2)11-15-24/h3-19,29,32-33H,1-2H3. The number of ketones is 2. The van der Waals surface area contributed by atoms with Crippen molar-refractivity contribution in [1.29, 1.82) is 0 Å². The van der Waals surface area contributed by atoms with E-state index in [4.69, 9.17) is 0 Å². The van der Waals surface area contributed by atoms with Gasteiger partial charge in [0.05, 0.1) is 11.6 Å². The number of rotatable bonds is 7. The number of nitrogens with one attached hydrogen (secondary N) is 2.